The van der Waals surface area contributed by atoms with E-state index in [0.29, 0.717) is 12.8 Å². The van der Waals surface area contributed by atoms with Crippen LogP contribution in [0.4, 0.5) is 0 Å². The van der Waals surface area contributed by atoms with Crippen LogP contribution in [-0.4, -0.2) is 39.9 Å². The first-order valence-electron chi connectivity index (χ1n) is 5.98. The van der Waals surface area contributed by atoms with Gasteiger partial charge in [-0.25, -0.2) is 13.6 Å². The fourth-order valence-corrected chi connectivity index (χ4v) is 2.84. The van der Waals surface area contributed by atoms with Gasteiger partial charge in [-0.2, -0.15) is 0 Å². The monoisotopic (exact) mass is 354 g/mol. The van der Waals surface area contributed by atoms with Gasteiger partial charge >= 0.3 is 0 Å². The molecule has 0 saturated heterocycles. The summed E-state index contributed by atoms with van der Waals surface area (Å²) < 4.78 is 27.9. The number of sulfonamides is 1. The third-order valence-corrected chi connectivity index (χ3v) is 4.54. The molecule has 21 heavy (non-hydrogen) atoms. The molecule has 0 aliphatic carbocycles. The molecule has 0 unspecified atom stereocenters. The molecule has 1 amide bonds. The maximum Gasteiger partial charge on any atom is 0.239 e. The summed E-state index contributed by atoms with van der Waals surface area (Å²) >= 11 is 11.8. The minimum atomic E-state index is -3.94. The Morgan fingerprint density at radius 3 is 2.43 bits per heavy atom. The molecule has 0 bridgehead atoms. The normalized spacial score (nSPS) is 11.3. The summed E-state index contributed by atoms with van der Waals surface area (Å²) in [6.07, 6.45) is 0.843. The zero-order chi connectivity index (χ0) is 16.2. The number of carbonyl (C=O) groups excluding carboxylic acids is 1. The van der Waals surface area contributed by atoms with Crippen LogP contribution >= 0.6 is 23.2 Å². The molecule has 0 saturated carbocycles. The van der Waals surface area contributed by atoms with Gasteiger partial charge in [0.25, 0.3) is 0 Å². The Hall–Kier alpha value is -1.02. The van der Waals surface area contributed by atoms with Crippen LogP contribution in [0.3, 0.4) is 0 Å². The zero-order valence-electron chi connectivity index (χ0n) is 11.6. The van der Waals surface area contributed by atoms with Crippen molar-refractivity contribution >= 4 is 39.1 Å². The largest absolute Gasteiger partial charge is 0.492 e. The highest BCUT2D eigenvalue weighted by molar-refractivity contribution is 7.89. The number of rotatable bonds is 6. The van der Waals surface area contributed by atoms with Gasteiger partial charge in [-0.15, -0.1) is 0 Å². The molecule has 0 spiro atoms. The maximum absolute atomic E-state index is 11.4. The molecule has 0 aliphatic rings. The third kappa shape index (κ3) is 5.03. The van der Waals surface area contributed by atoms with Gasteiger partial charge in [-0.05, 0) is 18.6 Å². The van der Waals surface area contributed by atoms with Gasteiger partial charge in [0.15, 0.2) is 0 Å². The highest BCUT2D eigenvalue weighted by Gasteiger charge is 2.18. The van der Waals surface area contributed by atoms with Crippen LogP contribution in [0.15, 0.2) is 17.0 Å². The average molecular weight is 355 g/mol. The quantitative estimate of drug-likeness (QED) is 0.789. The topological polar surface area (TPSA) is 89.7 Å². The second kappa shape index (κ2) is 7.31. The summed E-state index contributed by atoms with van der Waals surface area (Å²) in [6, 6.07) is 2.60. The number of amides is 1. The van der Waals surface area contributed by atoms with Crippen LogP contribution in [-0.2, 0) is 14.8 Å². The number of benzene rings is 1. The number of halogens is 2. The lowest BCUT2D eigenvalue weighted by atomic mass is 10.3. The Labute approximate surface area is 133 Å². The van der Waals surface area contributed by atoms with Crippen LogP contribution in [0.1, 0.15) is 12.8 Å². The van der Waals surface area contributed by atoms with Crippen molar-refractivity contribution in [2.24, 2.45) is 5.14 Å². The Kier molecular flexibility index (Phi) is 6.27. The Morgan fingerprint density at radius 2 is 1.90 bits per heavy atom. The molecule has 0 radical (unpaired) electrons. The van der Waals surface area contributed by atoms with Crippen molar-refractivity contribution < 1.29 is 17.9 Å². The van der Waals surface area contributed by atoms with Crippen LogP contribution < -0.4 is 9.88 Å². The van der Waals surface area contributed by atoms with Crippen molar-refractivity contribution in [2.75, 3.05) is 20.7 Å². The SMILES string of the molecule is CN(C)C(=O)CCCOc1ccc(S(N)(=O)=O)c(Cl)c1Cl. The number of nitrogens with two attached hydrogens (primary N) is 1. The van der Waals surface area contributed by atoms with E-state index in [1.807, 2.05) is 0 Å². The number of primary sulfonamides is 1. The summed E-state index contributed by atoms with van der Waals surface area (Å²) in [5.74, 6) is 0.235. The Morgan fingerprint density at radius 1 is 1.29 bits per heavy atom. The van der Waals surface area contributed by atoms with Crippen LogP contribution in [0.2, 0.25) is 10.0 Å². The van der Waals surface area contributed by atoms with Gasteiger partial charge in [-0.1, -0.05) is 23.2 Å². The maximum atomic E-state index is 11.4. The molecular weight excluding hydrogens is 339 g/mol. The summed E-state index contributed by atoms with van der Waals surface area (Å²) in [5, 5.41) is 4.80. The molecular formula is C12H16Cl2N2O4S. The van der Waals surface area contributed by atoms with Gasteiger partial charge in [0.2, 0.25) is 15.9 Å². The summed E-state index contributed by atoms with van der Waals surface area (Å²) in [4.78, 5) is 12.6. The van der Waals surface area contributed by atoms with E-state index < -0.39 is 10.0 Å². The molecule has 2 N–H and O–H groups in total. The van der Waals surface area contributed by atoms with E-state index in [0.717, 1.165) is 0 Å². The van der Waals surface area contributed by atoms with Crippen molar-refractivity contribution in [1.29, 1.82) is 0 Å². The van der Waals surface area contributed by atoms with Gasteiger partial charge in [-0.3, -0.25) is 4.79 Å². The third-order valence-electron chi connectivity index (χ3n) is 2.61. The molecule has 9 heteroatoms. The average Bonchev–Trinajstić information content (AvgIpc) is 2.37. The molecule has 6 nitrogen and oxygen atoms in total. The number of carbonyl (C=O) groups is 1. The van der Waals surface area contributed by atoms with Crippen molar-refractivity contribution in [3.63, 3.8) is 0 Å². The Balaban J connectivity index is 2.70. The Bertz CT molecular complexity index is 632. The molecule has 0 fully saturated rings. The van der Waals surface area contributed by atoms with Crippen molar-refractivity contribution in [2.45, 2.75) is 17.7 Å². The van der Waals surface area contributed by atoms with E-state index in [1.165, 1.54) is 17.0 Å². The molecule has 1 rings (SSSR count). The van der Waals surface area contributed by atoms with Gasteiger partial charge < -0.3 is 9.64 Å². The predicted molar refractivity (Wildman–Crippen MR) is 81.3 cm³/mol. The fraction of sp³-hybridized carbons (Fsp3) is 0.417. The lowest BCUT2D eigenvalue weighted by Gasteiger charge is -2.12. The van der Waals surface area contributed by atoms with Crippen molar-refractivity contribution in [3.05, 3.63) is 22.2 Å². The van der Waals surface area contributed by atoms with E-state index in [9.17, 15) is 13.2 Å². The molecule has 0 atom stereocenters. The van der Waals surface area contributed by atoms with Gasteiger partial charge in [0, 0.05) is 20.5 Å². The van der Waals surface area contributed by atoms with Crippen LogP contribution in [0.5, 0.6) is 5.75 Å². The van der Waals surface area contributed by atoms with E-state index in [-0.39, 0.29) is 33.2 Å². The molecule has 1 aromatic rings. The summed E-state index contributed by atoms with van der Waals surface area (Å²) in [5.41, 5.74) is 0. The summed E-state index contributed by atoms with van der Waals surface area (Å²) in [6.45, 7) is 0.254. The van der Waals surface area contributed by atoms with E-state index in [4.69, 9.17) is 33.1 Å². The first-order valence-corrected chi connectivity index (χ1v) is 8.28. The lowest BCUT2D eigenvalue weighted by molar-refractivity contribution is -0.128. The smallest absolute Gasteiger partial charge is 0.239 e. The fourth-order valence-electron chi connectivity index (χ4n) is 1.47. The molecule has 0 aliphatic heterocycles. The highest BCUT2D eigenvalue weighted by atomic mass is 35.5. The van der Waals surface area contributed by atoms with Gasteiger partial charge in [0.1, 0.15) is 15.7 Å². The highest BCUT2D eigenvalue weighted by Crippen LogP contribution is 2.36. The van der Waals surface area contributed by atoms with E-state index in [2.05, 4.69) is 0 Å². The number of hydrogen-bond donors (Lipinski definition) is 1. The molecule has 0 aromatic heterocycles. The van der Waals surface area contributed by atoms with Crippen LogP contribution in [0, 0.1) is 0 Å². The number of hydrogen-bond acceptors (Lipinski definition) is 4. The molecule has 118 valence electrons. The second-order valence-electron chi connectivity index (χ2n) is 4.47. The number of ether oxygens (including phenoxy) is 1. The van der Waals surface area contributed by atoms with Crippen molar-refractivity contribution in [1.82, 2.24) is 4.90 Å². The molecule has 0 heterocycles. The zero-order valence-corrected chi connectivity index (χ0v) is 13.9. The number of nitrogens with zero attached hydrogens (tertiary/aromatic N) is 1. The predicted octanol–water partition coefficient (Wildman–Crippen LogP) is 1.89. The first kappa shape index (κ1) is 18.0. The standard InChI is InChI=1S/C12H16Cl2N2O4S/c1-16(2)10(17)4-3-7-20-8-5-6-9(21(15,18)19)12(14)11(8)13/h5-6H,3-4,7H2,1-2H3,(H2,15,18,19). The minimum Gasteiger partial charge on any atom is -0.492 e. The van der Waals surface area contributed by atoms with E-state index in [1.54, 1.807) is 14.1 Å². The van der Waals surface area contributed by atoms with Crippen molar-refractivity contribution in [3.8, 4) is 5.75 Å². The minimum absolute atomic E-state index is 0.00713. The first-order chi connectivity index (χ1) is 9.64. The lowest BCUT2D eigenvalue weighted by Crippen LogP contribution is -2.21. The molecule has 1 aromatic carbocycles. The van der Waals surface area contributed by atoms with Crippen LogP contribution in [0.25, 0.3) is 0 Å². The van der Waals surface area contributed by atoms with E-state index >= 15 is 0 Å². The summed E-state index contributed by atoms with van der Waals surface area (Å²) in [7, 11) is -0.596. The van der Waals surface area contributed by atoms with Gasteiger partial charge in [0.05, 0.1) is 11.6 Å². The second-order valence-corrected chi connectivity index (χ2v) is 6.76.